The molecule has 1 fully saturated rings. The molecule has 1 N–H and O–H groups in total. The molecule has 1 aromatic carbocycles. The number of hydrogen-bond donors (Lipinski definition) is 1. The van der Waals surface area contributed by atoms with Gasteiger partial charge in [-0.2, -0.15) is 0 Å². The number of methoxy groups -OCH3 is 2. The molecule has 2 rings (SSSR count). The zero-order valence-corrected chi connectivity index (χ0v) is 13.8. The lowest BCUT2D eigenvalue weighted by Crippen LogP contribution is -2.33. The molecule has 0 amide bonds. The Hall–Kier alpha value is -1.26. The van der Waals surface area contributed by atoms with Gasteiger partial charge in [-0.05, 0) is 45.0 Å². The Kier molecular flexibility index (Phi) is 5.12. The van der Waals surface area contributed by atoms with Crippen LogP contribution in [0.3, 0.4) is 0 Å². The monoisotopic (exact) mass is 293 g/mol. The molecule has 1 heterocycles. The van der Waals surface area contributed by atoms with Gasteiger partial charge in [0.05, 0.1) is 26.4 Å². The third-order valence-corrected chi connectivity index (χ3v) is 4.79. The summed E-state index contributed by atoms with van der Waals surface area (Å²) in [6, 6.07) is 6.12. The van der Waals surface area contributed by atoms with Crippen LogP contribution in [0.5, 0.6) is 11.5 Å². The minimum Gasteiger partial charge on any atom is -0.497 e. The quantitative estimate of drug-likeness (QED) is 0.906. The molecule has 118 valence electrons. The summed E-state index contributed by atoms with van der Waals surface area (Å²) in [6.07, 6.45) is 0.487. The van der Waals surface area contributed by atoms with Crippen LogP contribution in [-0.4, -0.2) is 33.5 Å². The molecular formula is C17H27NO3. The van der Waals surface area contributed by atoms with Crippen molar-refractivity contribution in [1.29, 1.82) is 0 Å². The molecule has 0 aromatic heterocycles. The van der Waals surface area contributed by atoms with Gasteiger partial charge >= 0.3 is 0 Å². The number of ether oxygens (including phenoxy) is 3. The number of nitrogens with one attached hydrogen (secondary N) is 1. The first-order valence-electron chi connectivity index (χ1n) is 7.58. The predicted molar refractivity (Wildman–Crippen MR) is 84.0 cm³/mol. The van der Waals surface area contributed by atoms with E-state index in [4.69, 9.17) is 14.2 Å². The van der Waals surface area contributed by atoms with Crippen molar-refractivity contribution >= 4 is 0 Å². The van der Waals surface area contributed by atoms with Gasteiger partial charge in [0.25, 0.3) is 0 Å². The third kappa shape index (κ3) is 3.01. The smallest absolute Gasteiger partial charge is 0.123 e. The second-order valence-electron chi connectivity index (χ2n) is 5.86. The highest BCUT2D eigenvalue weighted by Gasteiger charge is 2.42. The molecule has 1 aromatic rings. The predicted octanol–water partition coefficient (Wildman–Crippen LogP) is 3.02. The molecule has 1 saturated heterocycles. The summed E-state index contributed by atoms with van der Waals surface area (Å²) in [5.74, 6) is 2.60. The standard InChI is InChI=1S/C17H27NO3/c1-10-11(2)21-12(3)16(10)17(18-4)14-9-13(19-5)7-8-15(14)20-6/h7-12,16-18H,1-6H3. The van der Waals surface area contributed by atoms with E-state index in [0.717, 1.165) is 17.1 Å². The van der Waals surface area contributed by atoms with Crippen molar-refractivity contribution in [3.8, 4) is 11.5 Å². The Morgan fingerprint density at radius 1 is 1.10 bits per heavy atom. The van der Waals surface area contributed by atoms with Crippen molar-refractivity contribution < 1.29 is 14.2 Å². The summed E-state index contributed by atoms with van der Waals surface area (Å²) in [5.41, 5.74) is 1.13. The molecule has 0 radical (unpaired) electrons. The van der Waals surface area contributed by atoms with Gasteiger partial charge in [-0.3, -0.25) is 0 Å². The molecule has 1 aliphatic heterocycles. The van der Waals surface area contributed by atoms with Crippen molar-refractivity contribution in [2.75, 3.05) is 21.3 Å². The van der Waals surface area contributed by atoms with Gasteiger partial charge in [0.2, 0.25) is 0 Å². The summed E-state index contributed by atoms with van der Waals surface area (Å²) < 4.78 is 16.9. The molecule has 4 nitrogen and oxygen atoms in total. The van der Waals surface area contributed by atoms with Crippen LogP contribution in [0.15, 0.2) is 18.2 Å². The van der Waals surface area contributed by atoms with E-state index in [2.05, 4.69) is 32.2 Å². The normalized spacial score (nSPS) is 30.2. The summed E-state index contributed by atoms with van der Waals surface area (Å²) in [4.78, 5) is 0. The van der Waals surface area contributed by atoms with Crippen LogP contribution in [0.4, 0.5) is 0 Å². The molecule has 0 bridgehead atoms. The Bertz CT molecular complexity index is 477. The van der Waals surface area contributed by atoms with Gasteiger partial charge in [-0.15, -0.1) is 0 Å². The average Bonchev–Trinajstić information content (AvgIpc) is 2.74. The molecule has 21 heavy (non-hydrogen) atoms. The van der Waals surface area contributed by atoms with E-state index in [-0.39, 0.29) is 18.2 Å². The molecule has 1 aliphatic rings. The van der Waals surface area contributed by atoms with E-state index in [1.54, 1.807) is 14.2 Å². The van der Waals surface area contributed by atoms with Gasteiger partial charge in [-0.1, -0.05) is 6.92 Å². The van der Waals surface area contributed by atoms with Crippen molar-refractivity contribution in [1.82, 2.24) is 5.32 Å². The van der Waals surface area contributed by atoms with Crippen LogP contribution in [0, 0.1) is 11.8 Å². The van der Waals surface area contributed by atoms with Crippen LogP contribution >= 0.6 is 0 Å². The van der Waals surface area contributed by atoms with E-state index in [1.807, 2.05) is 19.2 Å². The van der Waals surface area contributed by atoms with Gasteiger partial charge in [0, 0.05) is 17.5 Å². The van der Waals surface area contributed by atoms with E-state index in [9.17, 15) is 0 Å². The van der Waals surface area contributed by atoms with E-state index in [1.165, 1.54) is 0 Å². The highest BCUT2D eigenvalue weighted by molar-refractivity contribution is 5.42. The van der Waals surface area contributed by atoms with Crippen LogP contribution in [0.2, 0.25) is 0 Å². The van der Waals surface area contributed by atoms with Gasteiger partial charge in [0.1, 0.15) is 11.5 Å². The van der Waals surface area contributed by atoms with E-state index < -0.39 is 0 Å². The lowest BCUT2D eigenvalue weighted by Gasteiger charge is -2.30. The zero-order valence-electron chi connectivity index (χ0n) is 13.8. The Labute approximate surface area is 127 Å². The SMILES string of the molecule is CNC(c1cc(OC)ccc1OC)C1C(C)OC(C)C1C. The average molecular weight is 293 g/mol. The molecular weight excluding hydrogens is 266 g/mol. The van der Waals surface area contributed by atoms with Crippen LogP contribution in [0.1, 0.15) is 32.4 Å². The molecule has 4 heteroatoms. The topological polar surface area (TPSA) is 39.7 Å². The summed E-state index contributed by atoms with van der Waals surface area (Å²) in [6.45, 7) is 6.56. The summed E-state index contributed by atoms with van der Waals surface area (Å²) >= 11 is 0. The minimum absolute atomic E-state index is 0.171. The largest absolute Gasteiger partial charge is 0.497 e. The summed E-state index contributed by atoms with van der Waals surface area (Å²) in [5, 5.41) is 3.45. The van der Waals surface area contributed by atoms with Crippen molar-refractivity contribution in [2.24, 2.45) is 11.8 Å². The number of hydrogen-bond acceptors (Lipinski definition) is 4. The highest BCUT2D eigenvalue weighted by Crippen LogP contribution is 2.43. The molecule has 5 atom stereocenters. The Balaban J connectivity index is 2.41. The van der Waals surface area contributed by atoms with Crippen molar-refractivity contribution in [3.63, 3.8) is 0 Å². The first-order valence-corrected chi connectivity index (χ1v) is 7.58. The molecule has 0 saturated carbocycles. The molecule has 0 aliphatic carbocycles. The fourth-order valence-corrected chi connectivity index (χ4v) is 3.51. The van der Waals surface area contributed by atoms with Gasteiger partial charge < -0.3 is 19.5 Å². The lowest BCUT2D eigenvalue weighted by molar-refractivity contribution is 0.0477. The van der Waals surface area contributed by atoms with E-state index in [0.29, 0.717) is 11.8 Å². The van der Waals surface area contributed by atoms with Crippen LogP contribution in [0.25, 0.3) is 0 Å². The minimum atomic E-state index is 0.171. The maximum Gasteiger partial charge on any atom is 0.123 e. The lowest BCUT2D eigenvalue weighted by atomic mass is 9.80. The van der Waals surface area contributed by atoms with Crippen molar-refractivity contribution in [2.45, 2.75) is 39.0 Å². The van der Waals surface area contributed by atoms with Crippen molar-refractivity contribution in [3.05, 3.63) is 23.8 Å². The van der Waals surface area contributed by atoms with E-state index >= 15 is 0 Å². The highest BCUT2D eigenvalue weighted by atomic mass is 16.5. The van der Waals surface area contributed by atoms with Gasteiger partial charge in [0.15, 0.2) is 0 Å². The second-order valence-corrected chi connectivity index (χ2v) is 5.86. The maximum absolute atomic E-state index is 6.01. The Morgan fingerprint density at radius 2 is 1.81 bits per heavy atom. The zero-order chi connectivity index (χ0) is 15.6. The molecule has 5 unspecified atom stereocenters. The van der Waals surface area contributed by atoms with Crippen LogP contribution < -0.4 is 14.8 Å². The number of benzene rings is 1. The maximum atomic E-state index is 6.01. The second kappa shape index (κ2) is 6.67. The third-order valence-electron chi connectivity index (χ3n) is 4.79. The number of rotatable bonds is 5. The Morgan fingerprint density at radius 3 is 2.29 bits per heavy atom. The summed E-state index contributed by atoms with van der Waals surface area (Å²) in [7, 11) is 5.39. The first-order chi connectivity index (χ1) is 10.0. The van der Waals surface area contributed by atoms with Crippen LogP contribution in [-0.2, 0) is 4.74 Å². The first kappa shape index (κ1) is 16.1. The fourth-order valence-electron chi connectivity index (χ4n) is 3.51. The fraction of sp³-hybridized carbons (Fsp3) is 0.647. The molecule has 0 spiro atoms. The van der Waals surface area contributed by atoms with Gasteiger partial charge in [-0.25, -0.2) is 0 Å².